The number of carbonyl (C=O) groups is 1. The maximum absolute atomic E-state index is 11.5. The quantitative estimate of drug-likeness (QED) is 0.756. The Kier molecular flexibility index (Phi) is 6.13. The van der Waals surface area contributed by atoms with Crippen molar-refractivity contribution in [3.05, 3.63) is 48.0 Å². The highest BCUT2D eigenvalue weighted by atomic mass is 16.2. The van der Waals surface area contributed by atoms with Crippen molar-refractivity contribution >= 4 is 6.03 Å². The minimum atomic E-state index is -0.168. The first-order valence-electron chi connectivity index (χ1n) is 6.77. The zero-order valence-corrected chi connectivity index (χ0v) is 12.1. The fourth-order valence-electron chi connectivity index (χ4n) is 1.91. The summed E-state index contributed by atoms with van der Waals surface area (Å²) in [5.74, 6) is 0.658. The number of nitrogens with one attached hydrogen (secondary N) is 2. The van der Waals surface area contributed by atoms with Crippen molar-refractivity contribution in [3.8, 4) is 0 Å². The first-order valence-corrected chi connectivity index (χ1v) is 6.77. The maximum Gasteiger partial charge on any atom is 0.315 e. The van der Waals surface area contributed by atoms with E-state index in [-0.39, 0.29) is 12.1 Å². The van der Waals surface area contributed by atoms with Gasteiger partial charge in [0.1, 0.15) is 0 Å². The van der Waals surface area contributed by atoms with E-state index in [0.29, 0.717) is 12.5 Å². The summed E-state index contributed by atoms with van der Waals surface area (Å²) in [5, 5.41) is 5.60. The fourth-order valence-corrected chi connectivity index (χ4v) is 1.91. The summed E-state index contributed by atoms with van der Waals surface area (Å²) in [6.07, 6.45) is 2.74. The van der Waals surface area contributed by atoms with Crippen LogP contribution in [0.4, 0.5) is 4.79 Å². The lowest BCUT2D eigenvalue weighted by molar-refractivity contribution is 0.239. The lowest BCUT2D eigenvalue weighted by Gasteiger charge is -2.15. The van der Waals surface area contributed by atoms with E-state index in [1.54, 1.807) is 6.08 Å². The highest BCUT2D eigenvalue weighted by Gasteiger charge is 2.08. The summed E-state index contributed by atoms with van der Waals surface area (Å²) in [6, 6.07) is 8.26. The van der Waals surface area contributed by atoms with Gasteiger partial charge in [-0.25, -0.2) is 4.79 Å². The third-order valence-electron chi connectivity index (χ3n) is 2.88. The van der Waals surface area contributed by atoms with Gasteiger partial charge in [-0.2, -0.15) is 0 Å². The summed E-state index contributed by atoms with van der Waals surface area (Å²) >= 11 is 0. The lowest BCUT2D eigenvalue weighted by Crippen LogP contribution is -2.37. The zero-order valence-electron chi connectivity index (χ0n) is 12.1. The Labute approximate surface area is 116 Å². The average molecular weight is 260 g/mol. The molecular weight excluding hydrogens is 236 g/mol. The smallest absolute Gasteiger partial charge is 0.315 e. The molecule has 1 atom stereocenters. The molecule has 2 N–H and O–H groups in total. The van der Waals surface area contributed by atoms with Crippen molar-refractivity contribution in [2.45, 2.75) is 33.2 Å². The summed E-state index contributed by atoms with van der Waals surface area (Å²) in [4.78, 5) is 11.5. The summed E-state index contributed by atoms with van der Waals surface area (Å²) in [7, 11) is 0. The van der Waals surface area contributed by atoms with Crippen LogP contribution in [0.3, 0.4) is 0 Å². The first-order chi connectivity index (χ1) is 9.02. The SMILES string of the molecule is C=CCNC(=O)NC(C)c1ccc(CC(C)C)cc1. The monoisotopic (exact) mass is 260 g/mol. The second-order valence-electron chi connectivity index (χ2n) is 5.20. The summed E-state index contributed by atoms with van der Waals surface area (Å²) < 4.78 is 0. The molecule has 19 heavy (non-hydrogen) atoms. The van der Waals surface area contributed by atoms with Gasteiger partial charge in [-0.05, 0) is 30.4 Å². The molecule has 0 aliphatic carbocycles. The van der Waals surface area contributed by atoms with Gasteiger partial charge in [0.15, 0.2) is 0 Å². The molecule has 1 rings (SSSR count). The van der Waals surface area contributed by atoms with Gasteiger partial charge in [-0.15, -0.1) is 6.58 Å². The predicted octanol–water partition coefficient (Wildman–Crippen LogP) is 3.43. The lowest BCUT2D eigenvalue weighted by atomic mass is 10.00. The second kappa shape index (κ2) is 7.62. The molecule has 1 aromatic rings. The van der Waals surface area contributed by atoms with Crippen LogP contribution in [-0.4, -0.2) is 12.6 Å². The van der Waals surface area contributed by atoms with E-state index in [1.807, 2.05) is 6.92 Å². The van der Waals surface area contributed by atoms with Crippen LogP contribution in [0, 0.1) is 5.92 Å². The van der Waals surface area contributed by atoms with E-state index in [4.69, 9.17) is 0 Å². The Morgan fingerprint density at radius 2 is 1.89 bits per heavy atom. The zero-order chi connectivity index (χ0) is 14.3. The van der Waals surface area contributed by atoms with Crippen LogP contribution < -0.4 is 10.6 Å². The van der Waals surface area contributed by atoms with Crippen molar-refractivity contribution in [3.63, 3.8) is 0 Å². The van der Waals surface area contributed by atoms with Crippen molar-refractivity contribution < 1.29 is 4.79 Å². The van der Waals surface area contributed by atoms with Crippen LogP contribution in [0.1, 0.15) is 37.9 Å². The Bertz CT molecular complexity index is 409. The van der Waals surface area contributed by atoms with Crippen molar-refractivity contribution in [1.82, 2.24) is 10.6 Å². The molecule has 0 fully saturated rings. The number of rotatable bonds is 6. The van der Waals surface area contributed by atoms with Crippen molar-refractivity contribution in [2.24, 2.45) is 5.92 Å². The number of hydrogen-bond acceptors (Lipinski definition) is 1. The summed E-state index contributed by atoms with van der Waals surface area (Å²) in [5.41, 5.74) is 2.45. The van der Waals surface area contributed by atoms with Crippen LogP contribution in [-0.2, 0) is 6.42 Å². The number of amides is 2. The molecule has 1 aromatic carbocycles. The van der Waals surface area contributed by atoms with Crippen LogP contribution in [0.25, 0.3) is 0 Å². The van der Waals surface area contributed by atoms with Gasteiger partial charge in [-0.1, -0.05) is 44.2 Å². The minimum Gasteiger partial charge on any atom is -0.335 e. The van der Waals surface area contributed by atoms with E-state index in [0.717, 1.165) is 12.0 Å². The molecule has 0 bridgehead atoms. The van der Waals surface area contributed by atoms with Crippen molar-refractivity contribution in [1.29, 1.82) is 0 Å². The van der Waals surface area contributed by atoms with Crippen molar-refractivity contribution in [2.75, 3.05) is 6.54 Å². The second-order valence-corrected chi connectivity index (χ2v) is 5.20. The number of carbonyl (C=O) groups excluding carboxylic acids is 1. The molecule has 0 saturated heterocycles. The van der Waals surface area contributed by atoms with E-state index < -0.39 is 0 Å². The van der Waals surface area contributed by atoms with E-state index in [2.05, 4.69) is 55.3 Å². The van der Waals surface area contributed by atoms with E-state index >= 15 is 0 Å². The molecule has 3 heteroatoms. The summed E-state index contributed by atoms with van der Waals surface area (Å²) in [6.45, 7) is 10.4. The first kappa shape index (κ1) is 15.3. The molecule has 2 amide bonds. The molecular formula is C16H24N2O. The van der Waals surface area contributed by atoms with Crippen LogP contribution in [0.15, 0.2) is 36.9 Å². The van der Waals surface area contributed by atoms with Gasteiger partial charge < -0.3 is 10.6 Å². The van der Waals surface area contributed by atoms with E-state index in [1.165, 1.54) is 5.56 Å². The topological polar surface area (TPSA) is 41.1 Å². The van der Waals surface area contributed by atoms with Crippen LogP contribution in [0.5, 0.6) is 0 Å². The van der Waals surface area contributed by atoms with Gasteiger partial charge >= 0.3 is 6.03 Å². The van der Waals surface area contributed by atoms with Crippen LogP contribution >= 0.6 is 0 Å². The Balaban J connectivity index is 2.54. The maximum atomic E-state index is 11.5. The Morgan fingerprint density at radius 3 is 2.42 bits per heavy atom. The van der Waals surface area contributed by atoms with Crippen LogP contribution in [0.2, 0.25) is 0 Å². The van der Waals surface area contributed by atoms with Gasteiger partial charge in [-0.3, -0.25) is 0 Å². The average Bonchev–Trinajstić information content (AvgIpc) is 2.36. The Morgan fingerprint density at radius 1 is 1.26 bits per heavy atom. The van der Waals surface area contributed by atoms with Gasteiger partial charge in [0.05, 0.1) is 6.04 Å². The molecule has 104 valence electrons. The Hall–Kier alpha value is -1.77. The number of urea groups is 1. The van der Waals surface area contributed by atoms with Gasteiger partial charge in [0.2, 0.25) is 0 Å². The molecule has 0 radical (unpaired) electrons. The molecule has 3 nitrogen and oxygen atoms in total. The highest BCUT2D eigenvalue weighted by molar-refractivity contribution is 5.74. The molecule has 0 spiro atoms. The third-order valence-corrected chi connectivity index (χ3v) is 2.88. The normalized spacial score (nSPS) is 12.0. The molecule has 0 heterocycles. The molecule has 0 aliphatic heterocycles. The standard InChI is InChI=1S/C16H24N2O/c1-5-10-17-16(19)18-13(4)15-8-6-14(7-9-15)11-12(2)3/h5-9,12-13H,1,10-11H2,2-4H3,(H2,17,18,19). The third kappa shape index (κ3) is 5.60. The van der Waals surface area contributed by atoms with E-state index in [9.17, 15) is 4.79 Å². The number of benzene rings is 1. The van der Waals surface area contributed by atoms with Gasteiger partial charge in [0.25, 0.3) is 0 Å². The highest BCUT2D eigenvalue weighted by Crippen LogP contribution is 2.15. The molecule has 0 aliphatic rings. The number of hydrogen-bond donors (Lipinski definition) is 2. The molecule has 1 unspecified atom stereocenters. The largest absolute Gasteiger partial charge is 0.335 e. The molecule has 0 aromatic heterocycles. The minimum absolute atomic E-state index is 0.00193. The molecule has 0 saturated carbocycles. The predicted molar refractivity (Wildman–Crippen MR) is 80.1 cm³/mol. The van der Waals surface area contributed by atoms with Gasteiger partial charge in [0, 0.05) is 6.54 Å². The fraction of sp³-hybridized carbons (Fsp3) is 0.438.